The molecule has 0 spiro atoms. The third-order valence-electron chi connectivity index (χ3n) is 3.26. The summed E-state index contributed by atoms with van der Waals surface area (Å²) in [5, 5.41) is 13.0. The number of nitrogens with one attached hydrogen (secondary N) is 1. The fraction of sp³-hybridized carbons (Fsp3) is 0.462. The Balaban J connectivity index is 2.11. The van der Waals surface area contributed by atoms with Crippen molar-refractivity contribution in [3.63, 3.8) is 0 Å². The Morgan fingerprint density at radius 3 is 2.56 bits per heavy atom. The van der Waals surface area contributed by atoms with Gasteiger partial charge in [-0.05, 0) is 25.0 Å². The van der Waals surface area contributed by atoms with Crippen LogP contribution in [0.2, 0.25) is 10.0 Å². The second-order valence-electron chi connectivity index (χ2n) is 4.61. The van der Waals surface area contributed by atoms with E-state index in [9.17, 15) is 9.90 Å². The molecule has 1 aromatic rings. The minimum Gasteiger partial charge on any atom is -0.504 e. The van der Waals surface area contributed by atoms with Crippen LogP contribution in [-0.4, -0.2) is 11.0 Å². The van der Waals surface area contributed by atoms with Crippen molar-refractivity contribution >= 4 is 34.8 Å². The zero-order valence-corrected chi connectivity index (χ0v) is 11.4. The van der Waals surface area contributed by atoms with Crippen molar-refractivity contribution in [1.82, 2.24) is 0 Å². The molecule has 1 aromatic carbocycles. The quantitative estimate of drug-likeness (QED) is 0.800. The van der Waals surface area contributed by atoms with Crippen molar-refractivity contribution in [1.29, 1.82) is 0 Å². The molecule has 0 unspecified atom stereocenters. The molecule has 5 heteroatoms. The van der Waals surface area contributed by atoms with Crippen LogP contribution in [0.3, 0.4) is 0 Å². The summed E-state index contributed by atoms with van der Waals surface area (Å²) in [5.41, 5.74) is 0.281. The van der Waals surface area contributed by atoms with Gasteiger partial charge in [-0.3, -0.25) is 4.79 Å². The van der Waals surface area contributed by atoms with Crippen molar-refractivity contribution in [2.45, 2.75) is 32.1 Å². The summed E-state index contributed by atoms with van der Waals surface area (Å²) < 4.78 is 0. The maximum absolute atomic E-state index is 12.0. The number of amides is 1. The summed E-state index contributed by atoms with van der Waals surface area (Å²) in [7, 11) is 0. The third-order valence-corrected chi connectivity index (χ3v) is 3.77. The van der Waals surface area contributed by atoms with Crippen molar-refractivity contribution in [3.8, 4) is 5.75 Å². The van der Waals surface area contributed by atoms with Crippen LogP contribution in [0, 0.1) is 5.92 Å². The van der Waals surface area contributed by atoms with E-state index in [-0.39, 0.29) is 28.3 Å². The molecule has 1 aliphatic rings. The number of phenols is 1. The summed E-state index contributed by atoms with van der Waals surface area (Å²) in [4.78, 5) is 12.0. The summed E-state index contributed by atoms with van der Waals surface area (Å²) in [5.74, 6) is -0.176. The first-order valence-electron chi connectivity index (χ1n) is 6.07. The number of benzene rings is 1. The Hall–Kier alpha value is -0.930. The van der Waals surface area contributed by atoms with E-state index in [4.69, 9.17) is 23.2 Å². The predicted octanol–water partition coefficient (Wildman–Crippen LogP) is 4.22. The van der Waals surface area contributed by atoms with Crippen molar-refractivity contribution < 1.29 is 9.90 Å². The van der Waals surface area contributed by atoms with Crippen LogP contribution in [-0.2, 0) is 4.79 Å². The van der Waals surface area contributed by atoms with Crippen LogP contribution >= 0.6 is 23.2 Å². The van der Waals surface area contributed by atoms with Gasteiger partial charge in [-0.1, -0.05) is 42.5 Å². The van der Waals surface area contributed by atoms with Gasteiger partial charge in [-0.2, -0.15) is 0 Å². The van der Waals surface area contributed by atoms with E-state index in [1.54, 1.807) is 0 Å². The number of halogens is 2. The molecule has 3 nitrogen and oxygen atoms in total. The normalized spacial score (nSPS) is 16.6. The second-order valence-corrected chi connectivity index (χ2v) is 5.45. The lowest BCUT2D eigenvalue weighted by molar-refractivity contribution is -0.120. The van der Waals surface area contributed by atoms with Gasteiger partial charge >= 0.3 is 0 Å². The van der Waals surface area contributed by atoms with Gasteiger partial charge in [0.2, 0.25) is 5.91 Å². The van der Waals surface area contributed by atoms with Crippen molar-refractivity contribution in [2.75, 3.05) is 5.32 Å². The number of rotatable bonds is 2. The molecule has 0 radical (unpaired) electrons. The number of anilines is 1. The highest BCUT2D eigenvalue weighted by Crippen LogP contribution is 2.35. The Labute approximate surface area is 116 Å². The Kier molecular flexibility index (Phi) is 4.36. The molecule has 1 aliphatic carbocycles. The molecule has 0 aliphatic heterocycles. The molecule has 0 heterocycles. The largest absolute Gasteiger partial charge is 0.504 e. The SMILES string of the molecule is O=C(Nc1cc(Cl)cc(Cl)c1O)C1CCCCC1. The predicted molar refractivity (Wildman–Crippen MR) is 73.3 cm³/mol. The molecule has 0 bridgehead atoms. The highest BCUT2D eigenvalue weighted by atomic mass is 35.5. The summed E-state index contributed by atoms with van der Waals surface area (Å²) in [6.45, 7) is 0. The number of hydrogen-bond donors (Lipinski definition) is 2. The van der Waals surface area contributed by atoms with Gasteiger partial charge in [0.25, 0.3) is 0 Å². The minimum absolute atomic E-state index is 0.0240. The van der Waals surface area contributed by atoms with Crippen molar-refractivity contribution in [3.05, 3.63) is 22.2 Å². The number of carbonyl (C=O) groups is 1. The maximum Gasteiger partial charge on any atom is 0.227 e. The summed E-state index contributed by atoms with van der Waals surface area (Å²) in [6, 6.07) is 2.94. The van der Waals surface area contributed by atoms with Gasteiger partial charge in [-0.15, -0.1) is 0 Å². The molecule has 0 atom stereocenters. The average Bonchev–Trinajstić information content (AvgIpc) is 2.36. The number of carbonyl (C=O) groups excluding carboxylic acids is 1. The molecule has 0 saturated heterocycles. The van der Waals surface area contributed by atoms with Crippen LogP contribution in [0.15, 0.2) is 12.1 Å². The highest BCUT2D eigenvalue weighted by Gasteiger charge is 2.22. The van der Waals surface area contributed by atoms with Gasteiger partial charge in [0, 0.05) is 10.9 Å². The lowest BCUT2D eigenvalue weighted by Gasteiger charge is -2.21. The third kappa shape index (κ3) is 3.09. The standard InChI is InChI=1S/C13H15Cl2NO2/c14-9-6-10(15)12(17)11(7-9)16-13(18)8-4-2-1-3-5-8/h6-8,17H,1-5H2,(H,16,18). The molecule has 2 N–H and O–H groups in total. The van der Waals surface area contributed by atoms with Gasteiger partial charge in [0.1, 0.15) is 0 Å². The second kappa shape index (κ2) is 5.81. The molecule has 1 fully saturated rings. The van der Waals surface area contributed by atoms with E-state index in [2.05, 4.69) is 5.32 Å². The van der Waals surface area contributed by atoms with E-state index in [0.717, 1.165) is 25.7 Å². The van der Waals surface area contributed by atoms with E-state index in [1.165, 1.54) is 18.6 Å². The smallest absolute Gasteiger partial charge is 0.227 e. The summed E-state index contributed by atoms with van der Waals surface area (Å²) in [6.07, 6.45) is 5.17. The first-order chi connectivity index (χ1) is 8.58. The molecule has 1 amide bonds. The molecule has 1 saturated carbocycles. The zero-order valence-electron chi connectivity index (χ0n) is 9.88. The van der Waals surface area contributed by atoms with Crippen LogP contribution in [0.1, 0.15) is 32.1 Å². The van der Waals surface area contributed by atoms with E-state index in [1.807, 2.05) is 0 Å². The van der Waals surface area contributed by atoms with Gasteiger partial charge in [0.05, 0.1) is 10.7 Å². The van der Waals surface area contributed by atoms with Gasteiger partial charge in [0.15, 0.2) is 5.75 Å². The van der Waals surface area contributed by atoms with Crippen LogP contribution < -0.4 is 5.32 Å². The fourth-order valence-corrected chi connectivity index (χ4v) is 2.75. The lowest BCUT2D eigenvalue weighted by atomic mass is 9.88. The Morgan fingerprint density at radius 2 is 1.89 bits per heavy atom. The van der Waals surface area contributed by atoms with Crippen LogP contribution in [0.4, 0.5) is 5.69 Å². The molecule has 2 rings (SSSR count). The van der Waals surface area contributed by atoms with E-state index in [0.29, 0.717) is 5.02 Å². The fourth-order valence-electron chi connectivity index (χ4n) is 2.26. The Morgan fingerprint density at radius 1 is 1.22 bits per heavy atom. The molecule has 98 valence electrons. The highest BCUT2D eigenvalue weighted by molar-refractivity contribution is 6.36. The Bertz CT molecular complexity index is 457. The number of hydrogen-bond acceptors (Lipinski definition) is 2. The van der Waals surface area contributed by atoms with Crippen LogP contribution in [0.5, 0.6) is 5.75 Å². The first-order valence-corrected chi connectivity index (χ1v) is 6.82. The summed E-state index contributed by atoms with van der Waals surface area (Å²) >= 11 is 11.6. The average molecular weight is 288 g/mol. The minimum atomic E-state index is -0.134. The van der Waals surface area contributed by atoms with E-state index < -0.39 is 0 Å². The molecular formula is C13H15Cl2NO2. The van der Waals surface area contributed by atoms with Gasteiger partial charge < -0.3 is 10.4 Å². The maximum atomic E-state index is 12.0. The lowest BCUT2D eigenvalue weighted by Crippen LogP contribution is -2.24. The zero-order chi connectivity index (χ0) is 13.1. The van der Waals surface area contributed by atoms with Crippen LogP contribution in [0.25, 0.3) is 0 Å². The van der Waals surface area contributed by atoms with E-state index >= 15 is 0 Å². The van der Waals surface area contributed by atoms with Gasteiger partial charge in [-0.25, -0.2) is 0 Å². The number of phenolic OH excluding ortho intramolecular Hbond substituents is 1. The van der Waals surface area contributed by atoms with Crippen molar-refractivity contribution in [2.24, 2.45) is 5.92 Å². The molecule has 18 heavy (non-hydrogen) atoms. The number of aromatic hydroxyl groups is 1. The molecular weight excluding hydrogens is 273 g/mol. The topological polar surface area (TPSA) is 49.3 Å². The monoisotopic (exact) mass is 287 g/mol. The molecule has 0 aromatic heterocycles. The first kappa shape index (κ1) is 13.5.